The summed E-state index contributed by atoms with van der Waals surface area (Å²) in [5, 5.41) is 0. The number of methoxy groups -OCH3 is 1. The van der Waals surface area contributed by atoms with Crippen molar-refractivity contribution in [2.75, 3.05) is 7.11 Å². The molecule has 0 saturated carbocycles. The van der Waals surface area contributed by atoms with Gasteiger partial charge in [-0.1, -0.05) is 19.1 Å². The molecular weight excluding hydrogens is 200 g/mol. The molecule has 76 valence electrons. The zero-order valence-corrected chi connectivity index (χ0v) is 8.97. The van der Waals surface area contributed by atoms with E-state index in [0.717, 1.165) is 11.3 Å². The van der Waals surface area contributed by atoms with Crippen molar-refractivity contribution in [3.05, 3.63) is 29.8 Å². The fourth-order valence-corrected chi connectivity index (χ4v) is 1.76. The number of rotatable bonds is 3. The van der Waals surface area contributed by atoms with Crippen LogP contribution in [-0.2, 0) is 10.3 Å². The Morgan fingerprint density at radius 3 is 2.21 bits per heavy atom. The molecule has 1 aromatic rings. The monoisotopic (exact) mass is 212 g/mol. The molecule has 1 rings (SSSR count). The van der Waals surface area contributed by atoms with Gasteiger partial charge in [-0.05, 0) is 24.1 Å². The minimum Gasteiger partial charge on any atom is -0.497 e. The van der Waals surface area contributed by atoms with E-state index in [1.54, 1.807) is 31.4 Å². The highest BCUT2D eigenvalue weighted by molar-refractivity contribution is 7.73. The standard InChI is InChI=1S/C10H12O3S/c1-3-10(14(11)12)8-4-6-9(13-2)7-5-8/h4-7H,3H2,1-2H3. The maximum absolute atomic E-state index is 10.8. The van der Waals surface area contributed by atoms with Gasteiger partial charge in [-0.25, -0.2) is 0 Å². The van der Waals surface area contributed by atoms with Crippen molar-refractivity contribution in [2.45, 2.75) is 13.3 Å². The molecule has 0 unspecified atom stereocenters. The van der Waals surface area contributed by atoms with Crippen molar-refractivity contribution in [2.24, 2.45) is 0 Å². The lowest BCUT2D eigenvalue weighted by molar-refractivity contribution is 0.415. The third kappa shape index (κ3) is 2.35. The second kappa shape index (κ2) is 4.81. The van der Waals surface area contributed by atoms with E-state index in [-0.39, 0.29) is 0 Å². The molecule has 0 spiro atoms. The molecule has 0 saturated heterocycles. The van der Waals surface area contributed by atoms with Crippen LogP contribution in [0.15, 0.2) is 24.3 Å². The maximum Gasteiger partial charge on any atom is 0.217 e. The maximum atomic E-state index is 10.8. The molecule has 0 heterocycles. The van der Waals surface area contributed by atoms with Gasteiger partial charge in [0.15, 0.2) is 0 Å². The minimum absolute atomic E-state index is 0.424. The zero-order chi connectivity index (χ0) is 10.6. The lowest BCUT2D eigenvalue weighted by Gasteiger charge is -2.01. The van der Waals surface area contributed by atoms with Gasteiger partial charge in [0, 0.05) is 0 Å². The van der Waals surface area contributed by atoms with E-state index in [9.17, 15) is 8.42 Å². The molecule has 0 bridgehead atoms. The summed E-state index contributed by atoms with van der Waals surface area (Å²) < 4.78 is 26.6. The van der Waals surface area contributed by atoms with Crippen molar-refractivity contribution < 1.29 is 13.2 Å². The summed E-state index contributed by atoms with van der Waals surface area (Å²) in [5.74, 6) is 0.723. The van der Waals surface area contributed by atoms with E-state index in [1.807, 2.05) is 6.92 Å². The number of hydrogen-bond acceptors (Lipinski definition) is 3. The number of hydrogen-bond donors (Lipinski definition) is 0. The molecular formula is C10H12O3S. The van der Waals surface area contributed by atoms with Crippen molar-refractivity contribution in [3.63, 3.8) is 0 Å². The van der Waals surface area contributed by atoms with Crippen LogP contribution in [0.25, 0.3) is 0 Å². The van der Waals surface area contributed by atoms with Gasteiger partial charge in [0.2, 0.25) is 10.3 Å². The molecule has 0 atom stereocenters. The summed E-state index contributed by atoms with van der Waals surface area (Å²) in [4.78, 5) is 0.424. The summed E-state index contributed by atoms with van der Waals surface area (Å²) in [6.45, 7) is 1.81. The second-order valence-electron chi connectivity index (χ2n) is 2.74. The van der Waals surface area contributed by atoms with Crippen LogP contribution in [0.5, 0.6) is 5.75 Å². The molecule has 0 fully saturated rings. The van der Waals surface area contributed by atoms with Crippen LogP contribution in [0.3, 0.4) is 0 Å². The Bertz CT molecular complexity index is 421. The Labute approximate surface area is 84.9 Å². The van der Waals surface area contributed by atoms with E-state index >= 15 is 0 Å². The Morgan fingerprint density at radius 2 is 1.86 bits per heavy atom. The first-order valence-corrected chi connectivity index (χ1v) is 5.36. The van der Waals surface area contributed by atoms with Gasteiger partial charge in [-0.2, -0.15) is 8.42 Å². The number of ether oxygens (including phenoxy) is 1. The Hall–Kier alpha value is -1.29. The highest BCUT2D eigenvalue weighted by atomic mass is 32.2. The third-order valence-corrected chi connectivity index (χ3v) is 2.86. The average Bonchev–Trinajstić information content (AvgIpc) is 2.19. The predicted octanol–water partition coefficient (Wildman–Crippen LogP) is 1.50. The average molecular weight is 212 g/mol. The van der Waals surface area contributed by atoms with Crippen LogP contribution < -0.4 is 4.74 Å². The quantitative estimate of drug-likeness (QED) is 0.563. The summed E-state index contributed by atoms with van der Waals surface area (Å²) in [6.07, 6.45) is 0.502. The lowest BCUT2D eigenvalue weighted by Crippen LogP contribution is -1.99. The Morgan fingerprint density at radius 1 is 1.29 bits per heavy atom. The molecule has 0 aromatic heterocycles. The Kier molecular flexibility index (Phi) is 3.71. The minimum atomic E-state index is -2.14. The van der Waals surface area contributed by atoms with Crippen molar-refractivity contribution >= 4 is 15.2 Å². The molecule has 14 heavy (non-hydrogen) atoms. The topological polar surface area (TPSA) is 43.4 Å². The van der Waals surface area contributed by atoms with Crippen LogP contribution in [0, 0.1) is 0 Å². The Balaban J connectivity index is 3.15. The van der Waals surface area contributed by atoms with Crippen molar-refractivity contribution in [3.8, 4) is 5.75 Å². The van der Waals surface area contributed by atoms with Gasteiger partial charge in [0.25, 0.3) is 0 Å². The molecule has 0 aliphatic rings. The van der Waals surface area contributed by atoms with Gasteiger partial charge < -0.3 is 4.74 Å². The van der Waals surface area contributed by atoms with Crippen LogP contribution in [-0.4, -0.2) is 20.4 Å². The van der Waals surface area contributed by atoms with Crippen LogP contribution >= 0.6 is 0 Å². The van der Waals surface area contributed by atoms with Gasteiger partial charge in [-0.3, -0.25) is 0 Å². The van der Waals surface area contributed by atoms with Gasteiger partial charge in [0.05, 0.1) is 12.0 Å². The first-order valence-electron chi connectivity index (χ1n) is 4.28. The van der Waals surface area contributed by atoms with E-state index in [1.165, 1.54) is 0 Å². The van der Waals surface area contributed by atoms with Crippen LogP contribution in [0.2, 0.25) is 0 Å². The molecule has 0 aliphatic heterocycles. The summed E-state index contributed by atoms with van der Waals surface area (Å²) in [5.41, 5.74) is 0.724. The molecule has 4 heteroatoms. The van der Waals surface area contributed by atoms with E-state index < -0.39 is 10.3 Å². The highest BCUT2D eigenvalue weighted by Crippen LogP contribution is 2.12. The van der Waals surface area contributed by atoms with Gasteiger partial charge in [0.1, 0.15) is 5.75 Å². The third-order valence-electron chi connectivity index (χ3n) is 1.93. The van der Waals surface area contributed by atoms with Gasteiger partial charge in [-0.15, -0.1) is 0 Å². The van der Waals surface area contributed by atoms with Crippen molar-refractivity contribution in [1.82, 2.24) is 0 Å². The first kappa shape index (κ1) is 10.8. The van der Waals surface area contributed by atoms with E-state index in [0.29, 0.717) is 11.3 Å². The largest absolute Gasteiger partial charge is 0.497 e. The molecule has 0 aliphatic carbocycles. The fraction of sp³-hybridized carbons (Fsp3) is 0.300. The first-order chi connectivity index (χ1) is 6.69. The smallest absolute Gasteiger partial charge is 0.217 e. The molecule has 0 amide bonds. The molecule has 1 aromatic carbocycles. The van der Waals surface area contributed by atoms with E-state index in [2.05, 4.69) is 0 Å². The number of benzene rings is 1. The molecule has 0 radical (unpaired) electrons. The van der Waals surface area contributed by atoms with Crippen LogP contribution in [0.4, 0.5) is 0 Å². The van der Waals surface area contributed by atoms with Gasteiger partial charge >= 0.3 is 0 Å². The van der Waals surface area contributed by atoms with Crippen molar-refractivity contribution in [1.29, 1.82) is 0 Å². The highest BCUT2D eigenvalue weighted by Gasteiger charge is 2.02. The summed E-state index contributed by atoms with van der Waals surface area (Å²) in [7, 11) is -0.562. The second-order valence-corrected chi connectivity index (χ2v) is 3.70. The fourth-order valence-electron chi connectivity index (χ4n) is 1.20. The van der Waals surface area contributed by atoms with E-state index in [4.69, 9.17) is 4.74 Å². The zero-order valence-electron chi connectivity index (χ0n) is 8.15. The SMILES string of the molecule is CCC(c1ccc(OC)cc1)=S(=O)=O. The predicted molar refractivity (Wildman–Crippen MR) is 56.3 cm³/mol. The summed E-state index contributed by atoms with van der Waals surface area (Å²) >= 11 is 0. The van der Waals surface area contributed by atoms with Crippen LogP contribution in [0.1, 0.15) is 18.9 Å². The molecule has 0 N–H and O–H groups in total. The molecule has 3 nitrogen and oxygen atoms in total. The lowest BCUT2D eigenvalue weighted by atomic mass is 10.1. The normalized spacial score (nSPS) is 9.57. The summed E-state index contributed by atoms with van der Waals surface area (Å²) in [6, 6.07) is 6.98.